The van der Waals surface area contributed by atoms with Crippen molar-refractivity contribution in [2.75, 3.05) is 30.8 Å². The lowest BCUT2D eigenvalue weighted by atomic mass is 9.98. The van der Waals surface area contributed by atoms with E-state index >= 15 is 0 Å². The fourth-order valence-corrected chi connectivity index (χ4v) is 4.96. The van der Waals surface area contributed by atoms with E-state index in [0.29, 0.717) is 17.5 Å². The highest BCUT2D eigenvalue weighted by Gasteiger charge is 2.40. The van der Waals surface area contributed by atoms with Crippen LogP contribution in [-0.2, 0) is 5.41 Å². The molecule has 3 aromatic rings. The lowest BCUT2D eigenvalue weighted by molar-refractivity contribution is 0.0913. The molecule has 1 aromatic heterocycles. The Bertz CT molecular complexity index is 1330. The zero-order chi connectivity index (χ0) is 28.2. The Morgan fingerprint density at radius 2 is 1.79 bits per heavy atom. The standard InChI is InChI=1S/C28H32ClFN6O.H3NS/c1-17-16-31-27(35-25(17)32-19-5-7-23(29)22(14-19)28(2)10-11-28)34-20-4-6-21(24(30)15-20)26(37)33-18-8-12-36(3)13-9-18;1-2/h4-7,14-16,18H,8-13H2,1-3H3,(H,33,37)(H2,31,32,34,35);2H,1H2. The van der Waals surface area contributed by atoms with Crippen molar-refractivity contribution in [2.45, 2.75) is 51.0 Å². The van der Waals surface area contributed by atoms with Crippen molar-refractivity contribution in [3.05, 3.63) is 70.1 Å². The predicted molar refractivity (Wildman–Crippen MR) is 159 cm³/mol. The number of thiol groups is 1. The number of aromatic nitrogens is 2. The van der Waals surface area contributed by atoms with Gasteiger partial charge in [0, 0.05) is 34.2 Å². The molecule has 1 aliphatic carbocycles. The zero-order valence-corrected chi connectivity index (χ0v) is 24.0. The number of amides is 1. The molecular weight excluding hydrogens is 537 g/mol. The molecule has 8 nitrogen and oxygen atoms in total. The van der Waals surface area contributed by atoms with E-state index in [2.05, 4.69) is 68.8 Å². The topological polar surface area (TPSA) is 108 Å². The van der Waals surface area contributed by atoms with Gasteiger partial charge in [-0.2, -0.15) is 4.98 Å². The second-order valence-corrected chi connectivity index (χ2v) is 10.9. The summed E-state index contributed by atoms with van der Waals surface area (Å²) in [7, 11) is 2.06. The van der Waals surface area contributed by atoms with E-state index in [1.807, 2.05) is 19.1 Å². The van der Waals surface area contributed by atoms with E-state index < -0.39 is 5.82 Å². The number of rotatable bonds is 7. The van der Waals surface area contributed by atoms with Crippen molar-refractivity contribution < 1.29 is 9.18 Å². The molecule has 0 radical (unpaired) electrons. The zero-order valence-electron chi connectivity index (χ0n) is 22.4. The first-order chi connectivity index (χ1) is 18.7. The quantitative estimate of drug-likeness (QED) is 0.230. The molecule has 1 saturated carbocycles. The van der Waals surface area contributed by atoms with Crippen LogP contribution >= 0.6 is 24.4 Å². The number of hydrogen-bond acceptors (Lipinski definition) is 8. The Labute approximate surface area is 239 Å². The summed E-state index contributed by atoms with van der Waals surface area (Å²) < 4.78 is 14.8. The fraction of sp³-hybridized carbons (Fsp3) is 0.393. The number of halogens is 2. The summed E-state index contributed by atoms with van der Waals surface area (Å²) >= 11 is 9.47. The van der Waals surface area contributed by atoms with Crippen molar-refractivity contribution in [2.24, 2.45) is 5.14 Å². The number of anilines is 4. The van der Waals surface area contributed by atoms with E-state index in [-0.39, 0.29) is 22.9 Å². The summed E-state index contributed by atoms with van der Waals surface area (Å²) in [4.78, 5) is 23.8. The molecule has 0 atom stereocenters. The van der Waals surface area contributed by atoms with Crippen LogP contribution in [0.3, 0.4) is 0 Å². The summed E-state index contributed by atoms with van der Waals surface area (Å²) in [5.74, 6) is -0.0251. The number of nitrogens with two attached hydrogens (primary N) is 1. The molecule has 5 N–H and O–H groups in total. The maximum absolute atomic E-state index is 14.8. The predicted octanol–water partition coefficient (Wildman–Crippen LogP) is 5.73. The molecule has 2 aliphatic rings. The van der Waals surface area contributed by atoms with Crippen molar-refractivity contribution in [1.82, 2.24) is 20.2 Å². The smallest absolute Gasteiger partial charge is 0.254 e. The Morgan fingerprint density at radius 3 is 2.46 bits per heavy atom. The minimum absolute atomic E-state index is 0.0274. The third kappa shape index (κ3) is 7.19. The highest BCUT2D eigenvalue weighted by atomic mass is 35.5. The van der Waals surface area contributed by atoms with Crippen molar-refractivity contribution in [3.63, 3.8) is 0 Å². The van der Waals surface area contributed by atoms with Crippen LogP contribution in [0.25, 0.3) is 0 Å². The number of piperidine rings is 1. The lowest BCUT2D eigenvalue weighted by Crippen LogP contribution is -2.43. The minimum Gasteiger partial charge on any atom is -0.349 e. The minimum atomic E-state index is -0.594. The molecule has 208 valence electrons. The van der Waals surface area contributed by atoms with Gasteiger partial charge in [0.1, 0.15) is 11.6 Å². The van der Waals surface area contributed by atoms with Crippen LogP contribution in [0.4, 0.5) is 27.5 Å². The SMILES string of the molecule is Cc1cnc(Nc2ccc(C(=O)NC3CCN(C)CC3)c(F)c2)nc1Nc1ccc(Cl)c(C2(C)CC2)c1.NS. The summed E-state index contributed by atoms with van der Waals surface area (Å²) in [6.07, 6.45) is 5.69. The lowest BCUT2D eigenvalue weighted by Gasteiger charge is -2.29. The highest BCUT2D eigenvalue weighted by Crippen LogP contribution is 2.50. The Kier molecular flexibility index (Phi) is 9.32. The van der Waals surface area contributed by atoms with E-state index in [9.17, 15) is 9.18 Å². The number of likely N-dealkylation sites (tertiary alicyclic amines) is 1. The molecule has 5 rings (SSSR count). The summed E-state index contributed by atoms with van der Waals surface area (Å²) in [5.41, 5.74) is 3.53. The number of carbonyl (C=O) groups is 1. The molecule has 0 unspecified atom stereocenters. The third-order valence-electron chi connectivity index (χ3n) is 7.37. The molecule has 1 saturated heterocycles. The molecule has 39 heavy (non-hydrogen) atoms. The summed E-state index contributed by atoms with van der Waals surface area (Å²) in [6, 6.07) is 10.4. The van der Waals surface area contributed by atoms with Gasteiger partial charge < -0.3 is 20.9 Å². The first-order valence-electron chi connectivity index (χ1n) is 12.9. The molecule has 2 fully saturated rings. The van der Waals surface area contributed by atoms with Crippen LogP contribution in [0.5, 0.6) is 0 Å². The molecule has 2 heterocycles. The van der Waals surface area contributed by atoms with Crippen molar-refractivity contribution in [1.29, 1.82) is 0 Å². The molecule has 1 aliphatic heterocycles. The number of hydrogen-bond donors (Lipinski definition) is 5. The summed E-state index contributed by atoms with van der Waals surface area (Å²) in [5, 5.41) is 14.3. The van der Waals surface area contributed by atoms with E-state index in [0.717, 1.165) is 60.6 Å². The molecule has 0 spiro atoms. The van der Waals surface area contributed by atoms with Crippen molar-refractivity contribution >= 4 is 53.5 Å². The number of nitrogens with one attached hydrogen (secondary N) is 3. The number of benzene rings is 2. The maximum atomic E-state index is 14.8. The second kappa shape index (κ2) is 12.5. The van der Waals surface area contributed by atoms with Gasteiger partial charge in [0.05, 0.1) is 5.56 Å². The average molecular weight is 572 g/mol. The first kappa shape index (κ1) is 29.1. The van der Waals surface area contributed by atoms with Gasteiger partial charge in [0.25, 0.3) is 5.91 Å². The van der Waals surface area contributed by atoms with E-state index in [1.54, 1.807) is 12.3 Å². The normalized spacial score (nSPS) is 16.6. The second-order valence-electron chi connectivity index (χ2n) is 10.5. The molecule has 11 heteroatoms. The van der Waals surface area contributed by atoms with Crippen LogP contribution in [0.1, 0.15) is 54.1 Å². The Balaban J connectivity index is 0.00000172. The monoisotopic (exact) mass is 571 g/mol. The Morgan fingerprint density at radius 1 is 1.13 bits per heavy atom. The first-order valence-corrected chi connectivity index (χ1v) is 13.8. The van der Waals surface area contributed by atoms with Gasteiger partial charge in [-0.15, -0.1) is 12.8 Å². The largest absolute Gasteiger partial charge is 0.349 e. The fourth-order valence-electron chi connectivity index (χ4n) is 4.61. The Hall–Kier alpha value is -2.92. The molecule has 1 amide bonds. The molecule has 0 bridgehead atoms. The van der Waals surface area contributed by atoms with Gasteiger partial charge in [-0.25, -0.2) is 9.37 Å². The van der Waals surface area contributed by atoms with Crippen LogP contribution in [0.2, 0.25) is 5.02 Å². The van der Waals surface area contributed by atoms with Gasteiger partial charge in [-0.1, -0.05) is 18.5 Å². The van der Waals surface area contributed by atoms with Gasteiger partial charge in [0.2, 0.25) is 5.95 Å². The van der Waals surface area contributed by atoms with Gasteiger partial charge in [-0.05, 0) is 100 Å². The number of nitrogens with zero attached hydrogens (tertiary/aromatic N) is 3. The van der Waals surface area contributed by atoms with Crippen LogP contribution < -0.4 is 21.1 Å². The number of aryl methyl sites for hydroxylation is 1. The van der Waals surface area contributed by atoms with Crippen molar-refractivity contribution in [3.8, 4) is 0 Å². The van der Waals surface area contributed by atoms with Crippen LogP contribution in [-0.4, -0.2) is 47.0 Å². The van der Waals surface area contributed by atoms with Crippen LogP contribution in [0, 0.1) is 12.7 Å². The van der Waals surface area contributed by atoms with Gasteiger partial charge in [0.15, 0.2) is 0 Å². The van der Waals surface area contributed by atoms with E-state index in [1.165, 1.54) is 12.1 Å². The molecule has 2 aromatic carbocycles. The van der Waals surface area contributed by atoms with Gasteiger partial charge >= 0.3 is 0 Å². The third-order valence-corrected chi connectivity index (χ3v) is 7.70. The molecular formula is C28H35ClFN7OS. The summed E-state index contributed by atoms with van der Waals surface area (Å²) in [6.45, 7) is 5.98. The van der Waals surface area contributed by atoms with Gasteiger partial charge in [-0.3, -0.25) is 9.93 Å². The van der Waals surface area contributed by atoms with E-state index in [4.69, 9.17) is 11.6 Å². The maximum Gasteiger partial charge on any atom is 0.254 e. The van der Waals surface area contributed by atoms with Crippen LogP contribution in [0.15, 0.2) is 42.6 Å². The highest BCUT2D eigenvalue weighted by molar-refractivity contribution is 7.77. The average Bonchev–Trinajstić information content (AvgIpc) is 3.67. The number of carbonyl (C=O) groups excluding carboxylic acids is 1.